The van der Waals surface area contributed by atoms with Crippen molar-refractivity contribution in [1.29, 1.82) is 0 Å². The minimum atomic E-state index is -0.962. The van der Waals surface area contributed by atoms with Crippen LogP contribution in [-0.2, 0) is 0 Å². The average Bonchev–Trinajstić information content (AvgIpc) is 2.66. The van der Waals surface area contributed by atoms with Gasteiger partial charge in [0.15, 0.2) is 5.52 Å². The van der Waals surface area contributed by atoms with Crippen LogP contribution >= 0.6 is 0 Å². The minimum absolute atomic E-state index is 0. The Bertz CT molecular complexity index is 606. The van der Waals surface area contributed by atoms with Crippen molar-refractivity contribution in [3.05, 3.63) is 26.3 Å². The van der Waals surface area contributed by atoms with Crippen molar-refractivity contribution in [1.82, 2.24) is 10.3 Å². The highest BCUT2D eigenvalue weighted by atomic mass is 16.6. The van der Waals surface area contributed by atoms with E-state index in [2.05, 4.69) is 14.9 Å². The standard InChI is InChI=1S/C6H2N4O6.H2O/c11-6-3(10(14)15)1-2(9(12)13)4-5(6)8-16-7-4;/h1,11H;1H2. The number of hydrogen-bond donors (Lipinski definition) is 1. The number of nitro groups is 2. The zero-order valence-corrected chi connectivity index (χ0v) is 7.85. The van der Waals surface area contributed by atoms with Gasteiger partial charge in [-0.3, -0.25) is 20.2 Å². The fourth-order valence-electron chi connectivity index (χ4n) is 1.18. The molecule has 0 aliphatic heterocycles. The molecule has 17 heavy (non-hydrogen) atoms. The smallest absolute Gasteiger partial charge is 0.320 e. The van der Waals surface area contributed by atoms with E-state index in [1.54, 1.807) is 0 Å². The molecule has 0 saturated carbocycles. The molecule has 0 spiro atoms. The predicted octanol–water partition coefficient (Wildman–Crippen LogP) is -0.0799. The van der Waals surface area contributed by atoms with Gasteiger partial charge in [0.1, 0.15) is 6.07 Å². The number of nitrogens with zero attached hydrogens (tertiary/aromatic N) is 4. The highest BCUT2D eigenvalue weighted by Gasteiger charge is 2.29. The Balaban J connectivity index is 0.00000144. The zero-order valence-electron chi connectivity index (χ0n) is 7.85. The Morgan fingerprint density at radius 2 is 1.65 bits per heavy atom. The van der Waals surface area contributed by atoms with Gasteiger partial charge in [-0.1, -0.05) is 0 Å². The van der Waals surface area contributed by atoms with Crippen LogP contribution < -0.4 is 0 Å². The van der Waals surface area contributed by atoms with Crippen LogP contribution in [0.2, 0.25) is 0 Å². The number of non-ortho nitro benzene ring substituents is 1. The summed E-state index contributed by atoms with van der Waals surface area (Å²) in [6.45, 7) is 0. The van der Waals surface area contributed by atoms with E-state index in [0.717, 1.165) is 0 Å². The van der Waals surface area contributed by atoms with E-state index >= 15 is 0 Å². The van der Waals surface area contributed by atoms with Crippen LogP contribution in [0.3, 0.4) is 0 Å². The third-order valence-electron chi connectivity index (χ3n) is 1.86. The van der Waals surface area contributed by atoms with E-state index in [9.17, 15) is 25.3 Å². The molecule has 0 atom stereocenters. The normalized spacial score (nSPS) is 9.88. The summed E-state index contributed by atoms with van der Waals surface area (Å²) in [5.74, 6) is -0.813. The molecule has 0 bridgehead atoms. The molecule has 90 valence electrons. The number of nitro benzene ring substituents is 2. The van der Waals surface area contributed by atoms with Crippen LogP contribution in [0.4, 0.5) is 11.4 Å². The van der Waals surface area contributed by atoms with E-state index in [-0.39, 0.29) is 11.0 Å². The van der Waals surface area contributed by atoms with Gasteiger partial charge in [0.25, 0.3) is 0 Å². The number of phenolic OH excluding ortho intramolecular Hbond substituents is 1. The lowest BCUT2D eigenvalue weighted by Gasteiger charge is -1.95. The second-order valence-electron chi connectivity index (χ2n) is 2.74. The van der Waals surface area contributed by atoms with Crippen LogP contribution in [0, 0.1) is 20.2 Å². The molecule has 3 N–H and O–H groups in total. The number of aromatic nitrogens is 2. The number of rotatable bonds is 2. The van der Waals surface area contributed by atoms with Gasteiger partial charge in [-0.25, -0.2) is 4.63 Å². The first kappa shape index (κ1) is 12.3. The van der Waals surface area contributed by atoms with Crippen molar-refractivity contribution in [2.45, 2.75) is 0 Å². The number of hydrogen-bond acceptors (Lipinski definition) is 8. The van der Waals surface area contributed by atoms with E-state index in [1.807, 2.05) is 0 Å². The monoisotopic (exact) mass is 244 g/mol. The van der Waals surface area contributed by atoms with Crippen molar-refractivity contribution in [3.63, 3.8) is 0 Å². The van der Waals surface area contributed by atoms with E-state index in [0.29, 0.717) is 6.07 Å². The maximum atomic E-state index is 10.6. The maximum absolute atomic E-state index is 10.6. The second-order valence-corrected chi connectivity index (χ2v) is 2.74. The summed E-state index contributed by atoms with van der Waals surface area (Å²) in [4.78, 5) is 19.3. The van der Waals surface area contributed by atoms with Gasteiger partial charge < -0.3 is 10.6 Å². The summed E-state index contributed by atoms with van der Waals surface area (Å²) in [5.41, 5.74) is -2.23. The fourth-order valence-corrected chi connectivity index (χ4v) is 1.18. The molecule has 1 aromatic heterocycles. The molecule has 1 heterocycles. The van der Waals surface area contributed by atoms with Crippen LogP contribution in [0.25, 0.3) is 11.0 Å². The molecule has 0 saturated heterocycles. The van der Waals surface area contributed by atoms with Crippen molar-refractivity contribution in [3.8, 4) is 5.75 Å². The van der Waals surface area contributed by atoms with Crippen LogP contribution in [-0.4, -0.2) is 30.7 Å². The Kier molecular flexibility index (Phi) is 2.86. The third kappa shape index (κ3) is 1.69. The Morgan fingerprint density at radius 3 is 2.18 bits per heavy atom. The molecule has 0 amide bonds. The molecule has 2 aromatic rings. The molecule has 0 radical (unpaired) electrons. The van der Waals surface area contributed by atoms with Gasteiger partial charge in [0, 0.05) is 0 Å². The molecule has 11 heteroatoms. The van der Waals surface area contributed by atoms with E-state index in [1.165, 1.54) is 0 Å². The van der Waals surface area contributed by atoms with E-state index in [4.69, 9.17) is 0 Å². The van der Waals surface area contributed by atoms with Crippen LogP contribution in [0.1, 0.15) is 0 Å². The zero-order chi connectivity index (χ0) is 11.9. The SMILES string of the molecule is O.O=[N+]([O-])c1cc([N+](=O)[O-])c2nonc2c1O. The first-order chi connectivity index (χ1) is 7.52. The summed E-state index contributed by atoms with van der Waals surface area (Å²) in [5, 5.41) is 36.8. The van der Waals surface area contributed by atoms with Gasteiger partial charge in [0.2, 0.25) is 11.3 Å². The third-order valence-corrected chi connectivity index (χ3v) is 1.86. The molecule has 0 aliphatic rings. The Labute approximate surface area is 90.8 Å². The molecule has 1 aromatic carbocycles. The van der Waals surface area contributed by atoms with Gasteiger partial charge in [-0.05, 0) is 10.3 Å². The maximum Gasteiger partial charge on any atom is 0.320 e. The second kappa shape index (κ2) is 3.97. The lowest BCUT2D eigenvalue weighted by atomic mass is 10.2. The Morgan fingerprint density at radius 1 is 1.12 bits per heavy atom. The molecule has 11 nitrogen and oxygen atoms in total. The summed E-state index contributed by atoms with van der Waals surface area (Å²) in [6, 6.07) is 0.599. The minimum Gasteiger partial charge on any atom is -0.500 e. The highest BCUT2D eigenvalue weighted by Crippen LogP contribution is 2.37. The largest absolute Gasteiger partial charge is 0.500 e. The molecular formula is C6H4N4O7. The van der Waals surface area contributed by atoms with Crippen LogP contribution in [0.5, 0.6) is 5.75 Å². The van der Waals surface area contributed by atoms with Gasteiger partial charge in [-0.2, -0.15) is 0 Å². The highest BCUT2D eigenvalue weighted by molar-refractivity contribution is 5.92. The lowest BCUT2D eigenvalue weighted by Crippen LogP contribution is -1.94. The predicted molar refractivity (Wildman–Crippen MR) is 50.4 cm³/mol. The van der Waals surface area contributed by atoms with Crippen molar-refractivity contribution in [2.24, 2.45) is 0 Å². The lowest BCUT2D eigenvalue weighted by molar-refractivity contribution is -0.393. The van der Waals surface area contributed by atoms with Crippen LogP contribution in [0.15, 0.2) is 10.7 Å². The Hall–Kier alpha value is -2.82. The molecule has 0 aliphatic carbocycles. The quantitative estimate of drug-likeness (QED) is 0.562. The summed E-state index contributed by atoms with van der Waals surface area (Å²) in [6.07, 6.45) is 0. The van der Waals surface area contributed by atoms with E-state index < -0.39 is 32.5 Å². The molecule has 0 unspecified atom stereocenters. The number of fused-ring (bicyclic) bond motifs is 1. The molecular weight excluding hydrogens is 240 g/mol. The average molecular weight is 244 g/mol. The van der Waals surface area contributed by atoms with Gasteiger partial charge in [-0.15, -0.1) is 0 Å². The number of phenols is 1. The molecule has 2 rings (SSSR count). The van der Waals surface area contributed by atoms with Crippen molar-refractivity contribution in [2.75, 3.05) is 0 Å². The first-order valence-electron chi connectivity index (χ1n) is 3.79. The first-order valence-corrected chi connectivity index (χ1v) is 3.79. The summed E-state index contributed by atoms with van der Waals surface area (Å²) in [7, 11) is 0. The summed E-state index contributed by atoms with van der Waals surface area (Å²) >= 11 is 0. The summed E-state index contributed by atoms with van der Waals surface area (Å²) < 4.78 is 4.18. The van der Waals surface area contributed by atoms with Gasteiger partial charge in [0.05, 0.1) is 9.85 Å². The number of aromatic hydroxyl groups is 1. The number of benzene rings is 1. The van der Waals surface area contributed by atoms with Crippen molar-refractivity contribution < 1.29 is 25.1 Å². The molecule has 0 fully saturated rings. The fraction of sp³-hybridized carbons (Fsp3) is 0. The van der Waals surface area contributed by atoms with Crippen molar-refractivity contribution >= 4 is 22.4 Å². The van der Waals surface area contributed by atoms with Gasteiger partial charge >= 0.3 is 11.4 Å². The topological polar surface area (TPSA) is 177 Å².